The highest BCUT2D eigenvalue weighted by Gasteiger charge is 2.45. The van der Waals surface area contributed by atoms with Gasteiger partial charge < -0.3 is 24.8 Å². The standard InChI is InChI=1S/C21H21F3N4O3.ClH/c1-9-26-7-12-14(23)8-28(21(12)27-9)15-5-17(20(30)19(15)29)31-16-4-13(22)18(24)10-2-3-25-6-11(10)16;/h4,7-8,15,17,19-20,25,29-30H,2-3,5-6H2,1H3;1H/t15-,17+,19+,20-;/m1./s1. The predicted molar refractivity (Wildman–Crippen MR) is 111 cm³/mol. The molecule has 5 rings (SSSR count). The summed E-state index contributed by atoms with van der Waals surface area (Å²) in [6.07, 6.45) is -0.458. The van der Waals surface area contributed by atoms with Crippen LogP contribution in [0.5, 0.6) is 5.75 Å². The van der Waals surface area contributed by atoms with Crippen LogP contribution in [0.15, 0.2) is 18.5 Å². The Morgan fingerprint density at radius 3 is 2.72 bits per heavy atom. The fourth-order valence-electron chi connectivity index (χ4n) is 4.53. The second-order valence-corrected chi connectivity index (χ2v) is 8.03. The molecule has 0 spiro atoms. The van der Waals surface area contributed by atoms with Crippen LogP contribution in [0, 0.1) is 24.4 Å². The third kappa shape index (κ3) is 3.61. The van der Waals surface area contributed by atoms with Crippen LogP contribution in [-0.2, 0) is 13.0 Å². The van der Waals surface area contributed by atoms with E-state index in [9.17, 15) is 23.4 Å². The van der Waals surface area contributed by atoms with Crippen molar-refractivity contribution in [1.29, 1.82) is 0 Å². The Labute approximate surface area is 187 Å². The molecule has 3 heterocycles. The summed E-state index contributed by atoms with van der Waals surface area (Å²) >= 11 is 0. The molecule has 11 heteroatoms. The fraction of sp³-hybridized carbons (Fsp3) is 0.429. The van der Waals surface area contributed by atoms with Crippen LogP contribution in [0.25, 0.3) is 11.0 Å². The predicted octanol–water partition coefficient (Wildman–Crippen LogP) is 2.34. The molecule has 0 bridgehead atoms. The molecule has 172 valence electrons. The van der Waals surface area contributed by atoms with E-state index in [1.807, 2.05) is 0 Å². The summed E-state index contributed by atoms with van der Waals surface area (Å²) in [6.45, 7) is 2.49. The monoisotopic (exact) mass is 470 g/mol. The lowest BCUT2D eigenvalue weighted by Crippen LogP contribution is -2.35. The highest BCUT2D eigenvalue weighted by atomic mass is 35.5. The lowest BCUT2D eigenvalue weighted by molar-refractivity contribution is -0.0167. The van der Waals surface area contributed by atoms with Crippen LogP contribution in [0.4, 0.5) is 13.2 Å². The molecule has 3 aromatic rings. The molecule has 0 radical (unpaired) electrons. The molecule has 7 nitrogen and oxygen atoms in total. The quantitative estimate of drug-likeness (QED) is 0.544. The maximum atomic E-state index is 14.4. The molecule has 1 aliphatic heterocycles. The van der Waals surface area contributed by atoms with Crippen molar-refractivity contribution in [2.24, 2.45) is 0 Å². The number of ether oxygens (including phenoxy) is 1. The van der Waals surface area contributed by atoms with Crippen LogP contribution in [-0.4, -0.2) is 49.6 Å². The van der Waals surface area contributed by atoms with Gasteiger partial charge in [0.05, 0.1) is 11.4 Å². The molecule has 4 atom stereocenters. The molecule has 1 aromatic carbocycles. The van der Waals surface area contributed by atoms with Gasteiger partial charge >= 0.3 is 0 Å². The molecule has 1 saturated carbocycles. The molecule has 0 saturated heterocycles. The van der Waals surface area contributed by atoms with E-state index >= 15 is 0 Å². The van der Waals surface area contributed by atoms with Crippen LogP contribution in [0.3, 0.4) is 0 Å². The van der Waals surface area contributed by atoms with Crippen molar-refractivity contribution in [3.8, 4) is 5.75 Å². The van der Waals surface area contributed by atoms with E-state index in [1.54, 1.807) is 6.92 Å². The maximum absolute atomic E-state index is 14.4. The van der Waals surface area contributed by atoms with Crippen LogP contribution in [0.2, 0.25) is 0 Å². The topological polar surface area (TPSA) is 92.4 Å². The summed E-state index contributed by atoms with van der Waals surface area (Å²) in [5.41, 5.74) is 1.05. The van der Waals surface area contributed by atoms with Gasteiger partial charge in [-0.3, -0.25) is 0 Å². The number of nitrogens with one attached hydrogen (secondary N) is 1. The number of fused-ring (bicyclic) bond motifs is 2. The molecule has 3 N–H and O–H groups in total. The summed E-state index contributed by atoms with van der Waals surface area (Å²) in [5.74, 6) is -1.89. The highest BCUT2D eigenvalue weighted by Crippen LogP contribution is 2.38. The van der Waals surface area contributed by atoms with Gasteiger partial charge in [-0.15, -0.1) is 12.4 Å². The van der Waals surface area contributed by atoms with Crippen molar-refractivity contribution in [1.82, 2.24) is 19.9 Å². The minimum atomic E-state index is -1.31. The molecule has 32 heavy (non-hydrogen) atoms. The Balaban J connectivity index is 0.00000245. The first-order valence-corrected chi connectivity index (χ1v) is 10.1. The number of aryl methyl sites for hydroxylation is 1. The van der Waals surface area contributed by atoms with Gasteiger partial charge in [0.25, 0.3) is 0 Å². The number of benzene rings is 1. The first-order chi connectivity index (χ1) is 14.8. The number of hydrogen-bond donors (Lipinski definition) is 3. The van der Waals surface area contributed by atoms with Crippen molar-refractivity contribution in [2.45, 2.75) is 50.7 Å². The number of hydrogen-bond acceptors (Lipinski definition) is 6. The van der Waals surface area contributed by atoms with E-state index in [1.165, 1.54) is 17.0 Å². The zero-order valence-electron chi connectivity index (χ0n) is 17.1. The van der Waals surface area contributed by atoms with Gasteiger partial charge in [0.1, 0.15) is 35.5 Å². The average molecular weight is 471 g/mol. The molecule has 0 amide bonds. The Hall–Kier alpha value is -2.40. The second kappa shape index (κ2) is 8.51. The van der Waals surface area contributed by atoms with E-state index < -0.39 is 41.8 Å². The van der Waals surface area contributed by atoms with E-state index in [0.29, 0.717) is 36.5 Å². The van der Waals surface area contributed by atoms with E-state index in [0.717, 1.165) is 6.07 Å². The van der Waals surface area contributed by atoms with E-state index in [4.69, 9.17) is 4.74 Å². The lowest BCUT2D eigenvalue weighted by Gasteiger charge is -2.25. The van der Waals surface area contributed by atoms with Crippen LogP contribution >= 0.6 is 12.4 Å². The first-order valence-electron chi connectivity index (χ1n) is 10.1. The fourth-order valence-corrected chi connectivity index (χ4v) is 4.53. The van der Waals surface area contributed by atoms with Gasteiger partial charge in [-0.05, 0) is 19.9 Å². The van der Waals surface area contributed by atoms with Crippen LogP contribution in [0.1, 0.15) is 29.4 Å². The number of aliphatic hydroxyl groups is 2. The van der Waals surface area contributed by atoms with Crippen molar-refractivity contribution in [2.75, 3.05) is 6.54 Å². The molecular formula is C21H22ClF3N4O3. The number of aliphatic hydroxyl groups excluding tert-OH is 2. The summed E-state index contributed by atoms with van der Waals surface area (Å²) in [6, 6.07) is 0.245. The zero-order chi connectivity index (χ0) is 21.9. The van der Waals surface area contributed by atoms with Crippen LogP contribution < -0.4 is 10.1 Å². The van der Waals surface area contributed by atoms with Crippen molar-refractivity contribution in [3.05, 3.63) is 52.9 Å². The Bertz CT molecular complexity index is 1180. The Morgan fingerprint density at radius 1 is 1.16 bits per heavy atom. The number of nitrogens with zero attached hydrogens (tertiary/aromatic N) is 3. The summed E-state index contributed by atoms with van der Waals surface area (Å²) in [4.78, 5) is 8.26. The van der Waals surface area contributed by atoms with Crippen molar-refractivity contribution in [3.63, 3.8) is 0 Å². The molecular weight excluding hydrogens is 449 g/mol. The van der Waals surface area contributed by atoms with Crippen molar-refractivity contribution >= 4 is 23.4 Å². The lowest BCUT2D eigenvalue weighted by atomic mass is 9.99. The number of halogens is 4. The normalized spacial score (nSPS) is 24.9. The van der Waals surface area contributed by atoms with Gasteiger partial charge in [-0.2, -0.15) is 0 Å². The number of aromatic nitrogens is 3. The van der Waals surface area contributed by atoms with Gasteiger partial charge in [0.15, 0.2) is 17.5 Å². The Kier molecular flexibility index (Phi) is 6.06. The second-order valence-electron chi connectivity index (χ2n) is 8.03. The number of rotatable bonds is 3. The van der Waals surface area contributed by atoms with Gasteiger partial charge in [-0.25, -0.2) is 23.1 Å². The van der Waals surface area contributed by atoms with Gasteiger partial charge in [0.2, 0.25) is 0 Å². The highest BCUT2D eigenvalue weighted by molar-refractivity contribution is 5.85. The minimum Gasteiger partial charge on any atom is -0.487 e. The zero-order valence-corrected chi connectivity index (χ0v) is 17.9. The molecule has 2 aliphatic rings. The maximum Gasteiger partial charge on any atom is 0.162 e. The molecule has 1 fully saturated rings. The third-order valence-electron chi connectivity index (χ3n) is 6.13. The minimum absolute atomic E-state index is 0. The largest absolute Gasteiger partial charge is 0.487 e. The Morgan fingerprint density at radius 2 is 1.94 bits per heavy atom. The average Bonchev–Trinajstić information content (AvgIpc) is 3.22. The third-order valence-corrected chi connectivity index (χ3v) is 6.13. The van der Waals surface area contributed by atoms with E-state index in [-0.39, 0.29) is 35.5 Å². The molecule has 2 aromatic heterocycles. The molecule has 0 unspecified atom stereocenters. The summed E-state index contributed by atoms with van der Waals surface area (Å²) < 4.78 is 50.0. The van der Waals surface area contributed by atoms with Gasteiger partial charge in [-0.1, -0.05) is 0 Å². The van der Waals surface area contributed by atoms with Gasteiger partial charge in [0, 0.05) is 42.6 Å². The summed E-state index contributed by atoms with van der Waals surface area (Å²) in [7, 11) is 0. The van der Waals surface area contributed by atoms with E-state index in [2.05, 4.69) is 15.3 Å². The SMILES string of the molecule is Cc1ncc2c(F)cn([C@@H]3C[C@H](Oc4cc(F)c(F)c5c4CNCC5)[C@@H](O)[C@H]3O)c2n1.Cl. The first kappa shape index (κ1) is 22.8. The molecule has 1 aliphatic carbocycles. The summed E-state index contributed by atoms with van der Waals surface area (Å²) in [5, 5.41) is 24.6. The van der Waals surface area contributed by atoms with Crippen molar-refractivity contribution < 1.29 is 28.1 Å². The smallest absolute Gasteiger partial charge is 0.162 e.